The molecule has 0 spiro atoms. The molecule has 2 N–H and O–H groups in total. The third kappa shape index (κ3) is 3.01. The summed E-state index contributed by atoms with van der Waals surface area (Å²) in [5.74, 6) is 0.0333. The normalized spacial score (nSPS) is 20.6. The average Bonchev–Trinajstić information content (AvgIpc) is 2.41. The van der Waals surface area contributed by atoms with E-state index in [0.717, 1.165) is 26.2 Å². The summed E-state index contributed by atoms with van der Waals surface area (Å²) in [7, 11) is 0. The van der Waals surface area contributed by atoms with Crippen molar-refractivity contribution in [3.05, 3.63) is 28.8 Å². The zero-order valence-corrected chi connectivity index (χ0v) is 12.2. The van der Waals surface area contributed by atoms with Gasteiger partial charge in [-0.05, 0) is 31.7 Å². The second-order valence-electron chi connectivity index (χ2n) is 4.97. The van der Waals surface area contributed by atoms with Gasteiger partial charge in [0.05, 0.1) is 10.7 Å². The summed E-state index contributed by atoms with van der Waals surface area (Å²) in [5, 5.41) is 0.487. The lowest BCUT2D eigenvalue weighted by molar-refractivity contribution is 0.0528. The van der Waals surface area contributed by atoms with Crippen LogP contribution in [0.25, 0.3) is 0 Å². The zero-order chi connectivity index (χ0) is 14.0. The van der Waals surface area contributed by atoms with Crippen molar-refractivity contribution in [2.75, 3.05) is 31.9 Å². The second-order valence-corrected chi connectivity index (χ2v) is 5.37. The number of rotatable bonds is 2. The fourth-order valence-corrected chi connectivity index (χ4v) is 2.63. The van der Waals surface area contributed by atoms with E-state index in [2.05, 4.69) is 18.7 Å². The molecule has 5 heteroatoms. The highest BCUT2D eigenvalue weighted by Gasteiger charge is 2.26. The van der Waals surface area contributed by atoms with Crippen LogP contribution in [0.15, 0.2) is 18.2 Å². The van der Waals surface area contributed by atoms with Gasteiger partial charge in [0.2, 0.25) is 0 Å². The molecule has 0 saturated carbocycles. The lowest BCUT2D eigenvalue weighted by Gasteiger charge is -2.39. The average molecular weight is 282 g/mol. The van der Waals surface area contributed by atoms with E-state index in [4.69, 9.17) is 17.3 Å². The monoisotopic (exact) mass is 281 g/mol. The Morgan fingerprint density at radius 2 is 2.21 bits per heavy atom. The van der Waals surface area contributed by atoms with E-state index in [1.165, 1.54) is 0 Å². The Morgan fingerprint density at radius 1 is 1.47 bits per heavy atom. The summed E-state index contributed by atoms with van der Waals surface area (Å²) in [5.41, 5.74) is 6.81. The van der Waals surface area contributed by atoms with Crippen molar-refractivity contribution < 1.29 is 4.79 Å². The van der Waals surface area contributed by atoms with E-state index >= 15 is 0 Å². The highest BCUT2D eigenvalue weighted by Crippen LogP contribution is 2.21. The van der Waals surface area contributed by atoms with Gasteiger partial charge in [-0.25, -0.2) is 0 Å². The van der Waals surface area contributed by atoms with Crippen molar-refractivity contribution in [1.29, 1.82) is 0 Å². The molecule has 0 aliphatic carbocycles. The molecule has 1 fully saturated rings. The van der Waals surface area contributed by atoms with Crippen LogP contribution in [0.2, 0.25) is 5.02 Å². The molecule has 1 aliphatic rings. The molecule has 1 atom stereocenters. The number of nitrogen functional groups attached to an aromatic ring is 1. The summed E-state index contributed by atoms with van der Waals surface area (Å²) < 4.78 is 0. The number of amides is 1. The van der Waals surface area contributed by atoms with Gasteiger partial charge in [0.15, 0.2) is 0 Å². The third-order valence-electron chi connectivity index (χ3n) is 3.70. The van der Waals surface area contributed by atoms with Crippen molar-refractivity contribution in [3.8, 4) is 0 Å². The topological polar surface area (TPSA) is 49.6 Å². The Balaban J connectivity index is 2.10. The van der Waals surface area contributed by atoms with Gasteiger partial charge in [-0.2, -0.15) is 0 Å². The fourth-order valence-electron chi connectivity index (χ4n) is 2.51. The number of benzene rings is 1. The van der Waals surface area contributed by atoms with E-state index in [1.807, 2.05) is 4.90 Å². The smallest absolute Gasteiger partial charge is 0.254 e. The number of likely N-dealkylation sites (N-methyl/N-ethyl adjacent to an activating group) is 1. The third-order valence-corrected chi connectivity index (χ3v) is 4.05. The lowest BCUT2D eigenvalue weighted by Crippen LogP contribution is -2.53. The summed E-state index contributed by atoms with van der Waals surface area (Å²) in [6.45, 7) is 7.77. The van der Waals surface area contributed by atoms with Gasteiger partial charge < -0.3 is 10.6 Å². The molecule has 0 radical (unpaired) electrons. The predicted octanol–water partition coefficient (Wildman–Crippen LogP) is 2.09. The van der Waals surface area contributed by atoms with E-state index in [9.17, 15) is 4.79 Å². The van der Waals surface area contributed by atoms with Crippen LogP contribution in [0, 0.1) is 0 Å². The first kappa shape index (κ1) is 14.2. The van der Waals surface area contributed by atoms with Crippen molar-refractivity contribution >= 4 is 23.2 Å². The maximum atomic E-state index is 12.4. The van der Waals surface area contributed by atoms with Crippen LogP contribution in [-0.4, -0.2) is 47.9 Å². The Hall–Kier alpha value is -1.26. The van der Waals surface area contributed by atoms with Crippen LogP contribution >= 0.6 is 11.6 Å². The second kappa shape index (κ2) is 5.80. The lowest BCUT2D eigenvalue weighted by atomic mass is 10.1. The summed E-state index contributed by atoms with van der Waals surface area (Å²) in [6, 6.07) is 5.46. The van der Waals surface area contributed by atoms with Gasteiger partial charge in [-0.15, -0.1) is 0 Å². The molecule has 4 nitrogen and oxygen atoms in total. The standard InChI is InChI=1S/C14H20ClN3O/c1-3-17-6-7-18(9-10(17)2)14(19)11-4-5-12(15)13(16)8-11/h4-5,8,10H,3,6-7,9,16H2,1-2H3. The van der Waals surface area contributed by atoms with Gasteiger partial charge in [-0.3, -0.25) is 9.69 Å². The van der Waals surface area contributed by atoms with Crippen molar-refractivity contribution in [2.24, 2.45) is 0 Å². The van der Waals surface area contributed by atoms with Crippen LogP contribution in [0.5, 0.6) is 0 Å². The van der Waals surface area contributed by atoms with Gasteiger partial charge >= 0.3 is 0 Å². The highest BCUT2D eigenvalue weighted by molar-refractivity contribution is 6.33. The molecule has 1 saturated heterocycles. The van der Waals surface area contributed by atoms with E-state index < -0.39 is 0 Å². The van der Waals surface area contributed by atoms with E-state index in [1.54, 1.807) is 18.2 Å². The molecule has 1 aromatic carbocycles. The number of hydrogen-bond acceptors (Lipinski definition) is 3. The minimum atomic E-state index is 0.0333. The van der Waals surface area contributed by atoms with Crippen LogP contribution in [0.4, 0.5) is 5.69 Å². The molecule has 1 amide bonds. The largest absolute Gasteiger partial charge is 0.398 e. The quantitative estimate of drug-likeness (QED) is 0.845. The fraction of sp³-hybridized carbons (Fsp3) is 0.500. The van der Waals surface area contributed by atoms with Crippen LogP contribution < -0.4 is 5.73 Å². The zero-order valence-electron chi connectivity index (χ0n) is 11.4. The van der Waals surface area contributed by atoms with E-state index in [-0.39, 0.29) is 5.91 Å². The van der Waals surface area contributed by atoms with Crippen molar-refractivity contribution in [1.82, 2.24) is 9.80 Å². The van der Waals surface area contributed by atoms with Gasteiger partial charge in [0.1, 0.15) is 0 Å². The molecule has 1 aromatic rings. The van der Waals surface area contributed by atoms with Crippen molar-refractivity contribution in [2.45, 2.75) is 19.9 Å². The van der Waals surface area contributed by atoms with E-state index in [0.29, 0.717) is 22.3 Å². The molecule has 0 aromatic heterocycles. The number of hydrogen-bond donors (Lipinski definition) is 1. The number of carbonyl (C=O) groups is 1. The predicted molar refractivity (Wildman–Crippen MR) is 78.5 cm³/mol. The molecular weight excluding hydrogens is 262 g/mol. The number of halogens is 1. The minimum Gasteiger partial charge on any atom is -0.398 e. The Labute approximate surface area is 119 Å². The first-order chi connectivity index (χ1) is 9.02. The van der Waals surface area contributed by atoms with Gasteiger partial charge in [0.25, 0.3) is 5.91 Å². The van der Waals surface area contributed by atoms with Crippen molar-refractivity contribution in [3.63, 3.8) is 0 Å². The number of nitrogens with zero attached hydrogens (tertiary/aromatic N) is 2. The molecule has 104 valence electrons. The van der Waals surface area contributed by atoms with Crippen LogP contribution in [0.1, 0.15) is 24.2 Å². The molecule has 0 bridgehead atoms. The Bertz CT molecular complexity index is 478. The molecule has 1 heterocycles. The molecule has 2 rings (SSSR count). The van der Waals surface area contributed by atoms with Crippen LogP contribution in [0.3, 0.4) is 0 Å². The number of nitrogens with two attached hydrogens (primary N) is 1. The Kier molecular flexibility index (Phi) is 4.32. The molecule has 1 unspecified atom stereocenters. The number of carbonyl (C=O) groups excluding carboxylic acids is 1. The Morgan fingerprint density at radius 3 is 2.79 bits per heavy atom. The molecule has 19 heavy (non-hydrogen) atoms. The number of anilines is 1. The van der Waals surface area contributed by atoms with Crippen LogP contribution in [-0.2, 0) is 0 Å². The number of piperazine rings is 1. The summed E-state index contributed by atoms with van der Waals surface area (Å²) >= 11 is 5.88. The minimum absolute atomic E-state index is 0.0333. The first-order valence-corrected chi connectivity index (χ1v) is 6.99. The summed E-state index contributed by atoms with van der Waals surface area (Å²) in [4.78, 5) is 16.7. The van der Waals surface area contributed by atoms with Gasteiger partial charge in [0, 0.05) is 31.2 Å². The molecule has 1 aliphatic heterocycles. The summed E-state index contributed by atoms with van der Waals surface area (Å²) in [6.07, 6.45) is 0. The highest BCUT2D eigenvalue weighted by atomic mass is 35.5. The maximum absolute atomic E-state index is 12.4. The van der Waals surface area contributed by atoms with Gasteiger partial charge in [-0.1, -0.05) is 18.5 Å². The SMILES string of the molecule is CCN1CCN(C(=O)c2ccc(Cl)c(N)c2)CC1C. The maximum Gasteiger partial charge on any atom is 0.254 e. The molecular formula is C14H20ClN3O. The first-order valence-electron chi connectivity index (χ1n) is 6.61.